The van der Waals surface area contributed by atoms with Crippen molar-refractivity contribution in [1.82, 2.24) is 24.6 Å². The number of thiazole rings is 1. The van der Waals surface area contributed by atoms with Crippen LogP contribution < -0.4 is 5.32 Å². The third-order valence-corrected chi connectivity index (χ3v) is 6.37. The van der Waals surface area contributed by atoms with E-state index in [1.165, 1.54) is 23.1 Å². The molecule has 3 heterocycles. The van der Waals surface area contributed by atoms with E-state index in [4.69, 9.17) is 4.74 Å². The first-order chi connectivity index (χ1) is 14.2. The molecule has 1 fully saturated rings. The van der Waals surface area contributed by atoms with Crippen molar-refractivity contribution in [2.24, 2.45) is 0 Å². The van der Waals surface area contributed by atoms with Crippen molar-refractivity contribution in [2.75, 3.05) is 37.4 Å². The van der Waals surface area contributed by atoms with Gasteiger partial charge < -0.3 is 14.6 Å². The lowest BCUT2D eigenvalue weighted by atomic mass is 10.3. The number of carbonyl (C=O) groups excluding carboxylic acids is 1. The smallest absolute Gasteiger partial charge is 0.236 e. The van der Waals surface area contributed by atoms with Crippen molar-refractivity contribution in [3.05, 3.63) is 42.7 Å². The largest absolute Gasteiger partial charge is 0.379 e. The number of carbonyl (C=O) groups is 1. The lowest BCUT2D eigenvalue weighted by Gasteiger charge is -2.26. The van der Waals surface area contributed by atoms with E-state index in [1.54, 1.807) is 0 Å². The summed E-state index contributed by atoms with van der Waals surface area (Å²) in [6.45, 7) is 8.39. The molecule has 1 aliphatic rings. The number of hydrogen-bond acceptors (Lipinski definition) is 8. The van der Waals surface area contributed by atoms with Crippen LogP contribution in [0.25, 0.3) is 10.2 Å². The third-order valence-electron chi connectivity index (χ3n) is 4.45. The van der Waals surface area contributed by atoms with E-state index < -0.39 is 0 Å². The summed E-state index contributed by atoms with van der Waals surface area (Å²) in [5, 5.41) is 12.8. The first kappa shape index (κ1) is 20.0. The highest BCUT2D eigenvalue weighted by Crippen LogP contribution is 2.26. The molecule has 0 atom stereocenters. The van der Waals surface area contributed by atoms with Gasteiger partial charge in [-0.25, -0.2) is 4.98 Å². The molecule has 4 rings (SSSR count). The molecule has 0 aliphatic carbocycles. The Hall–Kier alpha value is -2.27. The van der Waals surface area contributed by atoms with E-state index >= 15 is 0 Å². The summed E-state index contributed by atoms with van der Waals surface area (Å²) >= 11 is 2.83. The summed E-state index contributed by atoms with van der Waals surface area (Å²) in [5.41, 5.74) is 0.888. The average Bonchev–Trinajstić information content (AvgIpc) is 3.31. The van der Waals surface area contributed by atoms with Crippen LogP contribution in [0.5, 0.6) is 0 Å². The molecule has 0 saturated carbocycles. The predicted octanol–water partition coefficient (Wildman–Crippen LogP) is 2.64. The van der Waals surface area contributed by atoms with Gasteiger partial charge in [-0.15, -0.1) is 16.8 Å². The first-order valence-corrected chi connectivity index (χ1v) is 11.1. The standard InChI is InChI=1S/C19H22N6O2S2/c1-2-7-25-16(12-24-8-10-27-11-9-24)22-23-19(25)28-13-17(26)21-18-20-14-5-3-4-6-15(14)29-18/h2-6H,1,7-13H2,(H,20,21,26). The molecule has 1 saturated heterocycles. The van der Waals surface area contributed by atoms with Gasteiger partial charge in [0.25, 0.3) is 0 Å². The Bertz CT molecular complexity index is 963. The number of fused-ring (bicyclic) bond motifs is 1. The van der Waals surface area contributed by atoms with Crippen molar-refractivity contribution in [1.29, 1.82) is 0 Å². The zero-order chi connectivity index (χ0) is 20.1. The third kappa shape index (κ3) is 5.02. The van der Waals surface area contributed by atoms with Crippen LogP contribution >= 0.6 is 23.1 Å². The number of thioether (sulfide) groups is 1. The number of amides is 1. The number of aromatic nitrogens is 4. The van der Waals surface area contributed by atoms with Crippen LogP contribution in [0.2, 0.25) is 0 Å². The maximum atomic E-state index is 12.4. The Kier molecular flexibility index (Phi) is 6.55. The van der Waals surface area contributed by atoms with Gasteiger partial charge in [-0.2, -0.15) is 0 Å². The number of rotatable bonds is 8. The fourth-order valence-electron chi connectivity index (χ4n) is 3.03. The number of allylic oxidation sites excluding steroid dienone is 1. The molecule has 10 heteroatoms. The highest BCUT2D eigenvalue weighted by Gasteiger charge is 2.18. The van der Waals surface area contributed by atoms with E-state index in [9.17, 15) is 4.79 Å². The first-order valence-electron chi connectivity index (χ1n) is 9.34. The van der Waals surface area contributed by atoms with Gasteiger partial charge in [0.1, 0.15) is 5.82 Å². The van der Waals surface area contributed by atoms with E-state index in [1.807, 2.05) is 34.9 Å². The number of ether oxygens (including phenoxy) is 1. The number of anilines is 1. The van der Waals surface area contributed by atoms with Crippen LogP contribution in [-0.2, 0) is 22.6 Å². The Labute approximate surface area is 177 Å². The molecule has 1 aliphatic heterocycles. The maximum Gasteiger partial charge on any atom is 0.236 e. The zero-order valence-corrected chi connectivity index (χ0v) is 17.5. The average molecular weight is 431 g/mol. The van der Waals surface area contributed by atoms with Crippen LogP contribution in [0.15, 0.2) is 42.1 Å². The second-order valence-electron chi connectivity index (χ2n) is 6.51. The van der Waals surface area contributed by atoms with Crippen LogP contribution in [0.3, 0.4) is 0 Å². The van der Waals surface area contributed by atoms with Gasteiger partial charge in [0.05, 0.1) is 35.7 Å². The van der Waals surface area contributed by atoms with Gasteiger partial charge in [0.15, 0.2) is 10.3 Å². The molecule has 0 spiro atoms. The van der Waals surface area contributed by atoms with Crippen molar-refractivity contribution in [2.45, 2.75) is 18.2 Å². The molecule has 29 heavy (non-hydrogen) atoms. The summed E-state index contributed by atoms with van der Waals surface area (Å²) in [6.07, 6.45) is 1.82. The summed E-state index contributed by atoms with van der Waals surface area (Å²) in [5.74, 6) is 1.00. The normalized spacial score (nSPS) is 14.9. The van der Waals surface area contributed by atoms with E-state index in [2.05, 4.69) is 32.0 Å². The number of morpholine rings is 1. The minimum Gasteiger partial charge on any atom is -0.379 e. The number of nitrogens with one attached hydrogen (secondary N) is 1. The van der Waals surface area contributed by atoms with Gasteiger partial charge in [0, 0.05) is 19.6 Å². The van der Waals surface area contributed by atoms with Gasteiger partial charge in [-0.1, -0.05) is 41.3 Å². The summed E-state index contributed by atoms with van der Waals surface area (Å²) in [7, 11) is 0. The molecule has 8 nitrogen and oxygen atoms in total. The predicted molar refractivity (Wildman–Crippen MR) is 115 cm³/mol. The lowest BCUT2D eigenvalue weighted by Crippen LogP contribution is -2.36. The minimum atomic E-state index is -0.114. The minimum absolute atomic E-state index is 0.114. The fourth-order valence-corrected chi connectivity index (χ4v) is 4.67. The molecule has 1 amide bonds. The summed E-state index contributed by atoms with van der Waals surface area (Å²) in [4.78, 5) is 19.1. The van der Waals surface area contributed by atoms with Crippen molar-refractivity contribution in [3.63, 3.8) is 0 Å². The molecule has 0 unspecified atom stereocenters. The number of para-hydroxylation sites is 1. The van der Waals surface area contributed by atoms with Crippen LogP contribution in [-0.4, -0.2) is 62.6 Å². The molecule has 152 valence electrons. The monoisotopic (exact) mass is 430 g/mol. The quantitative estimate of drug-likeness (QED) is 0.434. The maximum absolute atomic E-state index is 12.4. The molecule has 3 aromatic rings. The van der Waals surface area contributed by atoms with Crippen molar-refractivity contribution < 1.29 is 9.53 Å². The molecule has 1 N–H and O–H groups in total. The van der Waals surface area contributed by atoms with Crippen molar-refractivity contribution in [3.8, 4) is 0 Å². The summed E-state index contributed by atoms with van der Waals surface area (Å²) < 4.78 is 8.46. The summed E-state index contributed by atoms with van der Waals surface area (Å²) in [6, 6.07) is 7.82. The topological polar surface area (TPSA) is 85.2 Å². The zero-order valence-electron chi connectivity index (χ0n) is 15.9. The van der Waals surface area contributed by atoms with E-state index in [0.29, 0.717) is 23.4 Å². The fraction of sp³-hybridized carbons (Fsp3) is 0.368. The Morgan fingerprint density at radius 1 is 1.31 bits per heavy atom. The number of hydrogen-bond donors (Lipinski definition) is 1. The van der Waals surface area contributed by atoms with Gasteiger partial charge in [-0.05, 0) is 12.1 Å². The van der Waals surface area contributed by atoms with Gasteiger partial charge in [0.2, 0.25) is 5.91 Å². The van der Waals surface area contributed by atoms with Crippen LogP contribution in [0.1, 0.15) is 5.82 Å². The van der Waals surface area contributed by atoms with E-state index in [0.717, 1.165) is 42.3 Å². The number of benzene rings is 1. The number of nitrogens with zero attached hydrogens (tertiary/aromatic N) is 5. The molecular weight excluding hydrogens is 408 g/mol. The SMILES string of the molecule is C=CCn1c(CN2CCOCC2)nnc1SCC(=O)Nc1nc2ccccc2s1. The Balaban J connectivity index is 1.37. The molecule has 0 bridgehead atoms. The van der Waals surface area contributed by atoms with Crippen molar-refractivity contribution >= 4 is 44.4 Å². The van der Waals surface area contributed by atoms with Crippen LogP contribution in [0, 0.1) is 0 Å². The second kappa shape index (κ2) is 9.49. The Morgan fingerprint density at radius 2 is 2.14 bits per heavy atom. The Morgan fingerprint density at radius 3 is 2.93 bits per heavy atom. The van der Waals surface area contributed by atoms with Gasteiger partial charge >= 0.3 is 0 Å². The lowest BCUT2D eigenvalue weighted by molar-refractivity contribution is -0.113. The second-order valence-corrected chi connectivity index (χ2v) is 8.48. The highest BCUT2D eigenvalue weighted by molar-refractivity contribution is 7.99. The van der Waals surface area contributed by atoms with Crippen LogP contribution in [0.4, 0.5) is 5.13 Å². The highest BCUT2D eigenvalue weighted by atomic mass is 32.2. The van der Waals surface area contributed by atoms with Gasteiger partial charge in [-0.3, -0.25) is 9.69 Å². The molecule has 2 aromatic heterocycles. The molecule has 1 aromatic carbocycles. The van der Waals surface area contributed by atoms with E-state index in [-0.39, 0.29) is 11.7 Å². The molecule has 0 radical (unpaired) electrons. The molecular formula is C19H22N6O2S2.